The molecule has 0 aliphatic heterocycles. The number of carbonyl (C=O) groups excluding carboxylic acids is 1. The van der Waals surface area contributed by atoms with Gasteiger partial charge in [-0.3, -0.25) is 9.78 Å². The number of hydrogen-bond acceptors (Lipinski definition) is 2. The standard InChI is InChI=1S/C15H16N2O/c1-12(18)17-9-3-2-5-13-6-4-7-14-11-16-10-8-15(13)14/h2,4-8,10-11H,3,9H2,1H3,(H,17,18). The molecule has 0 fully saturated rings. The number of hydrogen-bond donors (Lipinski definition) is 1. The Hall–Kier alpha value is -2.16. The van der Waals surface area contributed by atoms with E-state index < -0.39 is 0 Å². The highest BCUT2D eigenvalue weighted by Crippen LogP contribution is 2.18. The average Bonchev–Trinajstić information content (AvgIpc) is 2.38. The Balaban J connectivity index is 2.07. The normalized spacial score (nSPS) is 10.9. The maximum atomic E-state index is 10.7. The SMILES string of the molecule is CC(=O)NCCC=Cc1cccc2cnccc12. The van der Waals surface area contributed by atoms with Gasteiger partial charge in [0, 0.05) is 31.2 Å². The molecule has 3 heteroatoms. The van der Waals surface area contributed by atoms with Crippen molar-refractivity contribution in [2.45, 2.75) is 13.3 Å². The molecule has 0 aliphatic rings. The second-order valence-electron chi connectivity index (χ2n) is 4.12. The van der Waals surface area contributed by atoms with E-state index in [9.17, 15) is 4.79 Å². The average molecular weight is 240 g/mol. The predicted octanol–water partition coefficient (Wildman–Crippen LogP) is 2.77. The smallest absolute Gasteiger partial charge is 0.216 e. The highest BCUT2D eigenvalue weighted by Gasteiger charge is 1.96. The van der Waals surface area contributed by atoms with Gasteiger partial charge in [0.2, 0.25) is 5.91 Å². The zero-order valence-electron chi connectivity index (χ0n) is 10.4. The number of aromatic nitrogens is 1. The van der Waals surface area contributed by atoms with Gasteiger partial charge in [-0.15, -0.1) is 0 Å². The van der Waals surface area contributed by atoms with Crippen LogP contribution < -0.4 is 5.32 Å². The molecular formula is C15H16N2O. The van der Waals surface area contributed by atoms with Crippen molar-refractivity contribution in [2.24, 2.45) is 0 Å². The second-order valence-corrected chi connectivity index (χ2v) is 4.12. The number of rotatable bonds is 4. The Labute approximate surface area is 107 Å². The van der Waals surface area contributed by atoms with Crippen LogP contribution in [0.5, 0.6) is 0 Å². The summed E-state index contributed by atoms with van der Waals surface area (Å²) in [6.07, 6.45) is 8.66. The lowest BCUT2D eigenvalue weighted by molar-refractivity contribution is -0.118. The van der Waals surface area contributed by atoms with Crippen molar-refractivity contribution >= 4 is 22.8 Å². The summed E-state index contributed by atoms with van der Waals surface area (Å²) in [5.41, 5.74) is 1.18. The van der Waals surface area contributed by atoms with Crippen molar-refractivity contribution in [3.05, 3.63) is 48.3 Å². The van der Waals surface area contributed by atoms with Gasteiger partial charge in [-0.1, -0.05) is 30.4 Å². The number of fused-ring (bicyclic) bond motifs is 1. The van der Waals surface area contributed by atoms with Crippen LogP contribution in [0.3, 0.4) is 0 Å². The van der Waals surface area contributed by atoms with Crippen molar-refractivity contribution in [3.8, 4) is 0 Å². The molecule has 92 valence electrons. The molecule has 0 bridgehead atoms. The lowest BCUT2D eigenvalue weighted by Gasteiger charge is -2.01. The molecule has 0 aliphatic carbocycles. The summed E-state index contributed by atoms with van der Waals surface area (Å²) in [6, 6.07) is 8.18. The number of nitrogens with zero attached hydrogens (tertiary/aromatic N) is 1. The number of amides is 1. The highest BCUT2D eigenvalue weighted by molar-refractivity contribution is 5.89. The minimum absolute atomic E-state index is 0.0136. The fraction of sp³-hybridized carbons (Fsp3) is 0.200. The van der Waals surface area contributed by atoms with E-state index in [4.69, 9.17) is 0 Å². The van der Waals surface area contributed by atoms with E-state index in [1.54, 1.807) is 6.20 Å². The van der Waals surface area contributed by atoms with Crippen LogP contribution in [-0.4, -0.2) is 17.4 Å². The van der Waals surface area contributed by atoms with Crippen LogP contribution in [0.4, 0.5) is 0 Å². The molecule has 2 aromatic rings. The number of benzene rings is 1. The highest BCUT2D eigenvalue weighted by atomic mass is 16.1. The summed E-state index contributed by atoms with van der Waals surface area (Å²) in [5.74, 6) is 0.0136. The summed E-state index contributed by atoms with van der Waals surface area (Å²) in [4.78, 5) is 14.8. The molecule has 1 aromatic carbocycles. The van der Waals surface area contributed by atoms with Crippen molar-refractivity contribution in [1.82, 2.24) is 10.3 Å². The lowest BCUT2D eigenvalue weighted by atomic mass is 10.1. The third-order valence-electron chi connectivity index (χ3n) is 2.70. The van der Waals surface area contributed by atoms with E-state index in [2.05, 4.69) is 34.6 Å². The van der Waals surface area contributed by atoms with Crippen LogP contribution >= 0.6 is 0 Å². The van der Waals surface area contributed by atoms with Crippen molar-refractivity contribution in [2.75, 3.05) is 6.54 Å². The minimum atomic E-state index is 0.0136. The van der Waals surface area contributed by atoms with E-state index in [0.717, 1.165) is 11.8 Å². The fourth-order valence-electron chi connectivity index (χ4n) is 1.83. The molecule has 3 nitrogen and oxygen atoms in total. The zero-order valence-corrected chi connectivity index (χ0v) is 10.4. The number of nitrogens with one attached hydrogen (secondary N) is 1. The van der Waals surface area contributed by atoms with Crippen LogP contribution in [0.25, 0.3) is 16.8 Å². The Bertz CT molecular complexity index is 570. The quantitative estimate of drug-likeness (QED) is 0.835. The first-order chi connectivity index (χ1) is 8.77. The molecule has 0 radical (unpaired) electrons. The first kappa shape index (κ1) is 12.3. The number of pyridine rings is 1. The third-order valence-corrected chi connectivity index (χ3v) is 2.70. The van der Waals surface area contributed by atoms with Crippen molar-refractivity contribution < 1.29 is 4.79 Å². The summed E-state index contributed by atoms with van der Waals surface area (Å²) >= 11 is 0. The minimum Gasteiger partial charge on any atom is -0.356 e. The molecule has 2 rings (SSSR count). The van der Waals surface area contributed by atoms with Crippen LogP contribution in [0, 0.1) is 0 Å². The summed E-state index contributed by atoms with van der Waals surface area (Å²) in [7, 11) is 0. The molecule has 1 amide bonds. The second kappa shape index (κ2) is 5.96. The van der Waals surface area contributed by atoms with Gasteiger partial charge >= 0.3 is 0 Å². The van der Waals surface area contributed by atoms with Gasteiger partial charge in [0.15, 0.2) is 0 Å². The Morgan fingerprint density at radius 3 is 3.11 bits per heavy atom. The summed E-state index contributed by atoms with van der Waals surface area (Å²) in [5, 5.41) is 5.11. The molecule has 1 aromatic heterocycles. The molecular weight excluding hydrogens is 224 g/mol. The first-order valence-electron chi connectivity index (χ1n) is 6.01. The van der Waals surface area contributed by atoms with Crippen LogP contribution in [0.15, 0.2) is 42.7 Å². The summed E-state index contributed by atoms with van der Waals surface area (Å²) in [6.45, 7) is 2.21. The molecule has 18 heavy (non-hydrogen) atoms. The van der Waals surface area contributed by atoms with E-state index >= 15 is 0 Å². The Morgan fingerprint density at radius 1 is 1.39 bits per heavy atom. The maximum Gasteiger partial charge on any atom is 0.216 e. The maximum absolute atomic E-state index is 10.7. The van der Waals surface area contributed by atoms with E-state index in [1.807, 2.05) is 18.3 Å². The molecule has 0 spiro atoms. The summed E-state index contributed by atoms with van der Waals surface area (Å²) < 4.78 is 0. The van der Waals surface area contributed by atoms with Crippen LogP contribution in [-0.2, 0) is 4.79 Å². The first-order valence-corrected chi connectivity index (χ1v) is 6.01. The van der Waals surface area contributed by atoms with E-state index in [1.165, 1.54) is 17.9 Å². The van der Waals surface area contributed by atoms with Gasteiger partial charge in [-0.25, -0.2) is 0 Å². The largest absolute Gasteiger partial charge is 0.356 e. The van der Waals surface area contributed by atoms with Crippen LogP contribution in [0.2, 0.25) is 0 Å². The zero-order chi connectivity index (χ0) is 12.8. The molecule has 0 saturated carbocycles. The van der Waals surface area contributed by atoms with Gasteiger partial charge in [-0.05, 0) is 23.4 Å². The van der Waals surface area contributed by atoms with Gasteiger partial charge in [0.25, 0.3) is 0 Å². The van der Waals surface area contributed by atoms with Crippen LogP contribution in [0.1, 0.15) is 18.9 Å². The van der Waals surface area contributed by atoms with Gasteiger partial charge in [0.1, 0.15) is 0 Å². The topological polar surface area (TPSA) is 42.0 Å². The predicted molar refractivity (Wildman–Crippen MR) is 74.1 cm³/mol. The monoisotopic (exact) mass is 240 g/mol. The van der Waals surface area contributed by atoms with E-state index in [-0.39, 0.29) is 5.91 Å². The molecule has 0 atom stereocenters. The van der Waals surface area contributed by atoms with Gasteiger partial charge in [-0.2, -0.15) is 0 Å². The van der Waals surface area contributed by atoms with Gasteiger partial charge in [0.05, 0.1) is 0 Å². The van der Waals surface area contributed by atoms with E-state index in [0.29, 0.717) is 6.54 Å². The molecule has 0 saturated heterocycles. The van der Waals surface area contributed by atoms with Gasteiger partial charge < -0.3 is 5.32 Å². The molecule has 0 unspecified atom stereocenters. The van der Waals surface area contributed by atoms with Crippen molar-refractivity contribution in [3.63, 3.8) is 0 Å². The number of carbonyl (C=O) groups is 1. The van der Waals surface area contributed by atoms with Crippen molar-refractivity contribution in [1.29, 1.82) is 0 Å². The Morgan fingerprint density at radius 2 is 2.28 bits per heavy atom. The molecule has 1 heterocycles. The third kappa shape index (κ3) is 3.17. The lowest BCUT2D eigenvalue weighted by Crippen LogP contribution is -2.20. The fourth-order valence-corrected chi connectivity index (χ4v) is 1.83. The molecule has 1 N–H and O–H groups in total. The Kier molecular flexibility index (Phi) is 4.07.